The van der Waals surface area contributed by atoms with E-state index in [1.54, 1.807) is 0 Å². The molecule has 0 aromatic heterocycles. The Morgan fingerprint density at radius 2 is 2.05 bits per heavy atom. The number of aliphatic hydroxyl groups excluding tert-OH is 2. The standard InChI is InChI=1S/C11H18F2O6/c1-2-3-4-5-18-10(17)19-9(8(16)6-14)11(12,13)7-15/h7-9,14,16H,2-6H2,1H3/t8-,9-/m1/s1. The van der Waals surface area contributed by atoms with Crippen LogP contribution in [0.3, 0.4) is 0 Å². The van der Waals surface area contributed by atoms with Crippen molar-refractivity contribution in [1.82, 2.24) is 0 Å². The van der Waals surface area contributed by atoms with Crippen molar-refractivity contribution in [2.75, 3.05) is 13.2 Å². The van der Waals surface area contributed by atoms with Crippen LogP contribution >= 0.6 is 0 Å². The van der Waals surface area contributed by atoms with Crippen LogP contribution in [-0.2, 0) is 14.3 Å². The summed E-state index contributed by atoms with van der Waals surface area (Å²) in [6, 6.07) is 0. The summed E-state index contributed by atoms with van der Waals surface area (Å²) in [7, 11) is 0. The van der Waals surface area contributed by atoms with Crippen molar-refractivity contribution in [3.63, 3.8) is 0 Å². The zero-order valence-electron chi connectivity index (χ0n) is 10.6. The lowest BCUT2D eigenvalue weighted by molar-refractivity contribution is -0.172. The highest BCUT2D eigenvalue weighted by molar-refractivity contribution is 5.64. The van der Waals surface area contributed by atoms with E-state index < -0.39 is 37.2 Å². The van der Waals surface area contributed by atoms with E-state index in [-0.39, 0.29) is 6.61 Å². The van der Waals surface area contributed by atoms with Crippen molar-refractivity contribution in [2.45, 2.75) is 44.3 Å². The predicted molar refractivity (Wildman–Crippen MR) is 59.8 cm³/mol. The lowest BCUT2D eigenvalue weighted by Crippen LogP contribution is -2.48. The van der Waals surface area contributed by atoms with Crippen LogP contribution in [0.25, 0.3) is 0 Å². The first-order valence-corrected chi connectivity index (χ1v) is 5.85. The maximum absolute atomic E-state index is 13.1. The predicted octanol–water partition coefficient (Wildman–Crippen LogP) is 0.886. The van der Waals surface area contributed by atoms with E-state index >= 15 is 0 Å². The highest BCUT2D eigenvalue weighted by Gasteiger charge is 2.47. The number of carbonyl (C=O) groups is 2. The number of aldehydes is 1. The molecule has 0 aromatic rings. The summed E-state index contributed by atoms with van der Waals surface area (Å²) in [5.41, 5.74) is 0. The molecular formula is C11H18F2O6. The molecule has 0 aliphatic carbocycles. The molecule has 0 aromatic carbocycles. The molecule has 0 saturated carbocycles. The van der Waals surface area contributed by atoms with Gasteiger partial charge >= 0.3 is 12.1 Å². The van der Waals surface area contributed by atoms with Gasteiger partial charge in [0.15, 0.2) is 6.29 Å². The first-order valence-electron chi connectivity index (χ1n) is 5.85. The van der Waals surface area contributed by atoms with Gasteiger partial charge in [-0.05, 0) is 6.42 Å². The molecule has 0 aliphatic rings. The summed E-state index contributed by atoms with van der Waals surface area (Å²) in [4.78, 5) is 21.3. The number of hydrogen-bond acceptors (Lipinski definition) is 6. The van der Waals surface area contributed by atoms with Crippen LogP contribution in [0.2, 0.25) is 0 Å². The van der Waals surface area contributed by atoms with Crippen LogP contribution in [0, 0.1) is 0 Å². The van der Waals surface area contributed by atoms with Crippen LogP contribution in [0.4, 0.5) is 13.6 Å². The molecular weight excluding hydrogens is 266 g/mol. The van der Waals surface area contributed by atoms with Crippen molar-refractivity contribution in [3.8, 4) is 0 Å². The Morgan fingerprint density at radius 1 is 1.42 bits per heavy atom. The zero-order valence-corrected chi connectivity index (χ0v) is 10.6. The second kappa shape index (κ2) is 8.76. The number of unbranched alkanes of at least 4 members (excludes halogenated alkanes) is 2. The Labute approximate surface area is 109 Å². The highest BCUT2D eigenvalue weighted by Crippen LogP contribution is 2.22. The molecule has 2 N–H and O–H groups in total. The van der Waals surface area contributed by atoms with Crippen LogP contribution in [0.5, 0.6) is 0 Å². The van der Waals surface area contributed by atoms with E-state index in [1.807, 2.05) is 6.92 Å². The first-order chi connectivity index (χ1) is 8.88. The summed E-state index contributed by atoms with van der Waals surface area (Å²) in [5, 5.41) is 17.7. The van der Waals surface area contributed by atoms with E-state index in [4.69, 9.17) is 10.2 Å². The Balaban J connectivity index is 4.40. The maximum Gasteiger partial charge on any atom is 0.508 e. The summed E-state index contributed by atoms with van der Waals surface area (Å²) in [5.74, 6) is -4.11. The van der Waals surface area contributed by atoms with E-state index in [1.165, 1.54) is 0 Å². The number of aliphatic hydroxyl groups is 2. The third-order valence-corrected chi connectivity index (χ3v) is 2.26. The van der Waals surface area contributed by atoms with Gasteiger partial charge < -0.3 is 19.7 Å². The zero-order chi connectivity index (χ0) is 14.9. The fourth-order valence-electron chi connectivity index (χ4n) is 1.22. The molecule has 0 amide bonds. The van der Waals surface area contributed by atoms with E-state index in [9.17, 15) is 18.4 Å². The lowest BCUT2D eigenvalue weighted by Gasteiger charge is -2.25. The maximum atomic E-state index is 13.1. The van der Waals surface area contributed by atoms with Crippen molar-refractivity contribution in [2.24, 2.45) is 0 Å². The van der Waals surface area contributed by atoms with E-state index in [2.05, 4.69) is 9.47 Å². The van der Waals surface area contributed by atoms with Crippen LogP contribution in [0.1, 0.15) is 26.2 Å². The quantitative estimate of drug-likeness (QED) is 0.371. The average molecular weight is 284 g/mol. The normalized spacial score (nSPS) is 14.6. The molecule has 0 unspecified atom stereocenters. The van der Waals surface area contributed by atoms with E-state index in [0.29, 0.717) is 6.42 Å². The van der Waals surface area contributed by atoms with Gasteiger partial charge in [-0.25, -0.2) is 4.79 Å². The summed E-state index contributed by atoms with van der Waals surface area (Å²) < 4.78 is 34.9. The smallest absolute Gasteiger partial charge is 0.434 e. The molecule has 2 atom stereocenters. The van der Waals surface area contributed by atoms with Crippen LogP contribution < -0.4 is 0 Å². The third kappa shape index (κ3) is 6.44. The monoisotopic (exact) mass is 284 g/mol. The van der Waals surface area contributed by atoms with Gasteiger partial charge in [-0.2, -0.15) is 8.78 Å². The van der Waals surface area contributed by atoms with Gasteiger partial charge in [0.05, 0.1) is 13.2 Å². The number of alkyl halides is 2. The lowest BCUT2D eigenvalue weighted by atomic mass is 10.1. The third-order valence-electron chi connectivity index (χ3n) is 2.26. The molecule has 112 valence electrons. The van der Waals surface area contributed by atoms with Crippen molar-refractivity contribution in [3.05, 3.63) is 0 Å². The van der Waals surface area contributed by atoms with Gasteiger partial charge in [0, 0.05) is 0 Å². The van der Waals surface area contributed by atoms with Crippen LogP contribution in [-0.4, -0.2) is 54.0 Å². The molecule has 0 heterocycles. The molecule has 0 fully saturated rings. The number of hydrogen-bond donors (Lipinski definition) is 2. The first kappa shape index (κ1) is 17.7. The fourth-order valence-corrected chi connectivity index (χ4v) is 1.22. The molecule has 0 spiro atoms. The minimum absolute atomic E-state index is 0.0126. The Kier molecular flexibility index (Phi) is 8.17. The molecule has 19 heavy (non-hydrogen) atoms. The van der Waals surface area contributed by atoms with Gasteiger partial charge in [-0.3, -0.25) is 4.79 Å². The Hall–Kier alpha value is -1.28. The van der Waals surface area contributed by atoms with Crippen molar-refractivity contribution in [1.29, 1.82) is 0 Å². The molecule has 0 saturated heterocycles. The minimum atomic E-state index is -4.11. The molecule has 8 heteroatoms. The van der Waals surface area contributed by atoms with Crippen molar-refractivity contribution >= 4 is 12.4 Å². The summed E-state index contributed by atoms with van der Waals surface area (Å²) in [6.07, 6.45) is -4.52. The SMILES string of the molecule is CCCCCOC(=O)O[C@H]([C@H](O)CO)C(F)(F)C=O. The van der Waals surface area contributed by atoms with Gasteiger partial charge in [0.25, 0.3) is 0 Å². The topological polar surface area (TPSA) is 93.1 Å². The second-order valence-corrected chi connectivity index (χ2v) is 3.89. The average Bonchev–Trinajstić information content (AvgIpc) is 2.40. The van der Waals surface area contributed by atoms with Gasteiger partial charge in [0.1, 0.15) is 6.10 Å². The molecule has 0 aliphatic heterocycles. The number of halogens is 2. The second-order valence-electron chi connectivity index (χ2n) is 3.89. The Bertz CT molecular complexity index is 284. The highest BCUT2D eigenvalue weighted by atomic mass is 19.3. The minimum Gasteiger partial charge on any atom is -0.434 e. The largest absolute Gasteiger partial charge is 0.508 e. The number of ether oxygens (including phenoxy) is 2. The van der Waals surface area contributed by atoms with Gasteiger partial charge in [-0.15, -0.1) is 0 Å². The van der Waals surface area contributed by atoms with Gasteiger partial charge in [0.2, 0.25) is 6.10 Å². The van der Waals surface area contributed by atoms with Crippen LogP contribution in [0.15, 0.2) is 0 Å². The number of rotatable bonds is 9. The van der Waals surface area contributed by atoms with E-state index in [0.717, 1.165) is 12.8 Å². The van der Waals surface area contributed by atoms with Gasteiger partial charge in [-0.1, -0.05) is 19.8 Å². The molecule has 0 rings (SSSR count). The molecule has 0 radical (unpaired) electrons. The Morgan fingerprint density at radius 3 is 2.53 bits per heavy atom. The summed E-state index contributed by atoms with van der Waals surface area (Å²) in [6.45, 7) is 0.828. The number of carbonyl (C=O) groups excluding carboxylic acids is 2. The molecule has 6 nitrogen and oxygen atoms in total. The molecule has 0 bridgehead atoms. The fraction of sp³-hybridized carbons (Fsp3) is 0.818. The summed E-state index contributed by atoms with van der Waals surface area (Å²) >= 11 is 0. The van der Waals surface area contributed by atoms with Crippen molar-refractivity contribution < 1.29 is 38.1 Å².